The van der Waals surface area contributed by atoms with E-state index >= 15 is 0 Å². The average Bonchev–Trinajstić information content (AvgIpc) is 2.95. The number of benzene rings is 1. The fraction of sp³-hybridized carbons (Fsp3) is 0.263. The number of hydrogen-bond donors (Lipinski definition) is 1. The van der Waals surface area contributed by atoms with Gasteiger partial charge in [-0.1, -0.05) is 17.7 Å². The number of aryl methyl sites for hydroxylation is 1. The van der Waals surface area contributed by atoms with Gasteiger partial charge in [0.2, 0.25) is 0 Å². The lowest BCUT2D eigenvalue weighted by molar-refractivity contribution is -0.0901. The molecule has 1 saturated carbocycles. The zero-order valence-electron chi connectivity index (χ0n) is 14.0. The second-order valence-corrected chi connectivity index (χ2v) is 7.06. The number of carbonyl (C=O) groups is 1. The normalized spacial score (nSPS) is 16.5. The van der Waals surface area contributed by atoms with Crippen LogP contribution in [0.1, 0.15) is 28.9 Å². The van der Waals surface area contributed by atoms with Crippen molar-refractivity contribution in [1.82, 2.24) is 14.9 Å². The number of rotatable bonds is 3. The fourth-order valence-corrected chi connectivity index (χ4v) is 3.38. The molecule has 26 heavy (non-hydrogen) atoms. The standard InChI is InChI=1S/C19H16ClF2N3O/c1-11-4-5-14(8-15(11)20)25-16(7-12-3-2-6-23-17(12)25)18(26)24-13-9-19(21,22)10-13/h2-8,13H,9-10H2,1H3,(H,24,26). The SMILES string of the molecule is Cc1ccc(-n2c(C(=O)NC3CC(F)(F)C3)cc3cccnc32)cc1Cl. The maximum absolute atomic E-state index is 13.1. The molecule has 4 rings (SSSR count). The Bertz CT molecular complexity index is 1010. The first kappa shape index (κ1) is 17.0. The van der Waals surface area contributed by atoms with E-state index in [1.54, 1.807) is 29.0 Å². The van der Waals surface area contributed by atoms with Crippen molar-refractivity contribution in [3.8, 4) is 5.69 Å². The van der Waals surface area contributed by atoms with Crippen molar-refractivity contribution >= 4 is 28.5 Å². The van der Waals surface area contributed by atoms with Crippen molar-refractivity contribution in [2.45, 2.75) is 31.7 Å². The van der Waals surface area contributed by atoms with Crippen LogP contribution in [0.25, 0.3) is 16.7 Å². The highest BCUT2D eigenvalue weighted by atomic mass is 35.5. The third kappa shape index (κ3) is 2.94. The monoisotopic (exact) mass is 375 g/mol. The van der Waals surface area contributed by atoms with Gasteiger partial charge in [-0.05, 0) is 42.8 Å². The van der Waals surface area contributed by atoms with Crippen LogP contribution in [0, 0.1) is 6.92 Å². The summed E-state index contributed by atoms with van der Waals surface area (Å²) in [4.78, 5) is 17.1. The van der Waals surface area contributed by atoms with E-state index < -0.39 is 17.9 Å². The highest BCUT2D eigenvalue weighted by molar-refractivity contribution is 6.31. The maximum Gasteiger partial charge on any atom is 0.268 e. The van der Waals surface area contributed by atoms with Crippen molar-refractivity contribution < 1.29 is 13.6 Å². The second-order valence-electron chi connectivity index (χ2n) is 6.65. The van der Waals surface area contributed by atoms with Gasteiger partial charge in [-0.15, -0.1) is 0 Å². The van der Waals surface area contributed by atoms with Gasteiger partial charge in [0.15, 0.2) is 0 Å². The molecule has 0 bridgehead atoms. The van der Waals surface area contributed by atoms with E-state index in [9.17, 15) is 13.6 Å². The average molecular weight is 376 g/mol. The van der Waals surface area contributed by atoms with E-state index in [4.69, 9.17) is 11.6 Å². The number of nitrogens with zero attached hydrogens (tertiary/aromatic N) is 2. The molecule has 0 radical (unpaired) electrons. The Kier molecular flexibility index (Phi) is 3.95. The van der Waals surface area contributed by atoms with E-state index in [0.29, 0.717) is 22.1 Å². The van der Waals surface area contributed by atoms with Crippen molar-refractivity contribution in [2.75, 3.05) is 0 Å². The lowest BCUT2D eigenvalue weighted by Gasteiger charge is -2.35. The summed E-state index contributed by atoms with van der Waals surface area (Å²) in [6.45, 7) is 1.89. The summed E-state index contributed by atoms with van der Waals surface area (Å²) < 4.78 is 27.8. The first-order valence-electron chi connectivity index (χ1n) is 8.26. The molecule has 3 aromatic rings. The Morgan fingerprint density at radius 1 is 1.31 bits per heavy atom. The molecular formula is C19H16ClF2N3O. The number of alkyl halides is 2. The molecule has 1 aliphatic carbocycles. The summed E-state index contributed by atoms with van der Waals surface area (Å²) in [6, 6.07) is 10.3. The summed E-state index contributed by atoms with van der Waals surface area (Å²) in [5.41, 5.74) is 2.56. The minimum absolute atomic E-state index is 0.326. The second kappa shape index (κ2) is 6.06. The number of aromatic nitrogens is 2. The third-order valence-corrected chi connectivity index (χ3v) is 5.04. The van der Waals surface area contributed by atoms with Gasteiger partial charge in [0, 0.05) is 41.2 Å². The Hall–Kier alpha value is -2.47. The molecule has 1 fully saturated rings. The van der Waals surface area contributed by atoms with Gasteiger partial charge in [0.1, 0.15) is 11.3 Å². The Morgan fingerprint density at radius 2 is 2.08 bits per heavy atom. The zero-order chi connectivity index (χ0) is 18.5. The van der Waals surface area contributed by atoms with Gasteiger partial charge in [-0.25, -0.2) is 13.8 Å². The summed E-state index contributed by atoms with van der Waals surface area (Å²) in [5, 5.41) is 4.04. The fourth-order valence-electron chi connectivity index (χ4n) is 3.21. The summed E-state index contributed by atoms with van der Waals surface area (Å²) in [6.07, 6.45) is 0.990. The molecule has 1 aliphatic rings. The number of carbonyl (C=O) groups excluding carboxylic acids is 1. The van der Waals surface area contributed by atoms with Crippen molar-refractivity contribution in [3.05, 3.63) is 58.9 Å². The lowest BCUT2D eigenvalue weighted by Crippen LogP contribution is -2.50. The first-order valence-corrected chi connectivity index (χ1v) is 8.63. The number of pyridine rings is 1. The van der Waals surface area contributed by atoms with Crippen LogP contribution in [0.5, 0.6) is 0 Å². The summed E-state index contributed by atoms with van der Waals surface area (Å²) >= 11 is 6.24. The molecule has 2 heterocycles. The largest absolute Gasteiger partial charge is 0.348 e. The van der Waals surface area contributed by atoms with Crippen LogP contribution >= 0.6 is 11.6 Å². The van der Waals surface area contributed by atoms with E-state index in [2.05, 4.69) is 10.3 Å². The minimum atomic E-state index is -2.68. The van der Waals surface area contributed by atoms with Crippen LogP contribution in [-0.2, 0) is 0 Å². The molecule has 134 valence electrons. The highest BCUT2D eigenvalue weighted by Crippen LogP contribution is 2.37. The topological polar surface area (TPSA) is 46.9 Å². The van der Waals surface area contributed by atoms with Gasteiger partial charge in [0.05, 0.1) is 0 Å². The van der Waals surface area contributed by atoms with E-state index in [0.717, 1.165) is 10.9 Å². The molecule has 7 heteroatoms. The molecule has 1 amide bonds. The van der Waals surface area contributed by atoms with Crippen LogP contribution in [0.3, 0.4) is 0 Å². The van der Waals surface area contributed by atoms with Gasteiger partial charge in [-0.2, -0.15) is 0 Å². The Balaban J connectivity index is 1.76. The summed E-state index contributed by atoms with van der Waals surface area (Å²) in [7, 11) is 0. The van der Waals surface area contributed by atoms with Crippen LogP contribution < -0.4 is 5.32 Å². The molecule has 0 spiro atoms. The molecule has 0 unspecified atom stereocenters. The zero-order valence-corrected chi connectivity index (χ0v) is 14.7. The predicted molar refractivity (Wildman–Crippen MR) is 96.3 cm³/mol. The number of amides is 1. The van der Waals surface area contributed by atoms with Crippen LogP contribution in [-0.4, -0.2) is 27.4 Å². The van der Waals surface area contributed by atoms with Gasteiger partial charge >= 0.3 is 0 Å². The smallest absolute Gasteiger partial charge is 0.268 e. The molecule has 1 aromatic carbocycles. The van der Waals surface area contributed by atoms with E-state index in [-0.39, 0.29) is 12.8 Å². The highest BCUT2D eigenvalue weighted by Gasteiger charge is 2.46. The molecule has 0 saturated heterocycles. The molecule has 1 N–H and O–H groups in total. The third-order valence-electron chi connectivity index (χ3n) is 4.63. The first-order chi connectivity index (χ1) is 12.3. The number of hydrogen-bond acceptors (Lipinski definition) is 2. The van der Waals surface area contributed by atoms with E-state index in [1.807, 2.05) is 25.1 Å². The quantitative estimate of drug-likeness (QED) is 0.731. The van der Waals surface area contributed by atoms with Crippen LogP contribution in [0.2, 0.25) is 5.02 Å². The Morgan fingerprint density at radius 3 is 2.77 bits per heavy atom. The van der Waals surface area contributed by atoms with Gasteiger partial charge in [-0.3, -0.25) is 9.36 Å². The molecule has 2 aromatic heterocycles. The molecule has 0 atom stereocenters. The maximum atomic E-state index is 13.1. The number of halogens is 3. The molecule has 4 nitrogen and oxygen atoms in total. The number of nitrogens with one attached hydrogen (secondary N) is 1. The van der Waals surface area contributed by atoms with E-state index in [1.165, 1.54) is 0 Å². The minimum Gasteiger partial charge on any atom is -0.348 e. The van der Waals surface area contributed by atoms with Gasteiger partial charge < -0.3 is 5.32 Å². The molecule has 0 aliphatic heterocycles. The predicted octanol–water partition coefficient (Wildman–Crippen LogP) is 4.51. The number of fused-ring (bicyclic) bond motifs is 1. The van der Waals surface area contributed by atoms with Crippen LogP contribution in [0.15, 0.2) is 42.6 Å². The van der Waals surface area contributed by atoms with Crippen molar-refractivity contribution in [2.24, 2.45) is 0 Å². The van der Waals surface area contributed by atoms with Gasteiger partial charge in [0.25, 0.3) is 11.8 Å². The van der Waals surface area contributed by atoms with Crippen LogP contribution in [0.4, 0.5) is 8.78 Å². The molecular weight excluding hydrogens is 360 g/mol. The summed E-state index contributed by atoms with van der Waals surface area (Å²) in [5.74, 6) is -3.09. The Labute approximate surface area is 153 Å². The van der Waals surface area contributed by atoms with Crippen molar-refractivity contribution in [3.63, 3.8) is 0 Å². The lowest BCUT2D eigenvalue weighted by atomic mass is 9.88. The van der Waals surface area contributed by atoms with Crippen molar-refractivity contribution in [1.29, 1.82) is 0 Å².